The minimum Gasteiger partial charge on any atom is -0.484 e. The van der Waals surface area contributed by atoms with Crippen LogP contribution in [0.1, 0.15) is 15.9 Å². The van der Waals surface area contributed by atoms with E-state index < -0.39 is 10.8 Å². The van der Waals surface area contributed by atoms with Gasteiger partial charge in [0.05, 0.1) is 10.6 Å². The Labute approximate surface area is 160 Å². The van der Waals surface area contributed by atoms with Crippen LogP contribution < -0.4 is 10.1 Å². The number of amides is 1. The molecule has 0 aliphatic carbocycles. The van der Waals surface area contributed by atoms with Crippen molar-refractivity contribution < 1.29 is 19.2 Å². The molecule has 0 spiro atoms. The molecular weight excluding hydrogens is 360 g/mol. The molecule has 0 saturated carbocycles. The number of nitro groups is 1. The van der Waals surface area contributed by atoms with Gasteiger partial charge in [-0.1, -0.05) is 42.5 Å². The molecule has 7 heteroatoms. The summed E-state index contributed by atoms with van der Waals surface area (Å²) < 4.78 is 5.34. The smallest absolute Gasteiger partial charge is 0.269 e. The maximum atomic E-state index is 12.7. The van der Waals surface area contributed by atoms with Crippen LogP contribution in [0.3, 0.4) is 0 Å². The van der Waals surface area contributed by atoms with E-state index in [1.54, 1.807) is 48.5 Å². The zero-order chi connectivity index (χ0) is 19.9. The number of carbonyl (C=O) groups is 2. The Kier molecular flexibility index (Phi) is 5.76. The number of carbonyl (C=O) groups excluding carboxylic acids is 2. The van der Waals surface area contributed by atoms with Crippen molar-refractivity contribution in [2.45, 2.75) is 0 Å². The molecule has 0 radical (unpaired) electrons. The lowest BCUT2D eigenvalue weighted by Crippen LogP contribution is -2.21. The summed E-state index contributed by atoms with van der Waals surface area (Å²) in [6.07, 6.45) is 0. The van der Waals surface area contributed by atoms with E-state index in [9.17, 15) is 19.7 Å². The normalized spacial score (nSPS) is 10.1. The third kappa shape index (κ3) is 4.59. The standard InChI is InChI=1S/C21H16N2O5/c24-20(14-28-17-12-10-16(11-13-17)23(26)27)22-19-9-5-4-8-18(19)21(25)15-6-2-1-3-7-15/h1-13H,14H2,(H,22,24). The van der Waals surface area contributed by atoms with E-state index in [-0.39, 0.29) is 18.1 Å². The molecule has 1 N–H and O–H groups in total. The van der Waals surface area contributed by atoms with Crippen LogP contribution in [0.4, 0.5) is 11.4 Å². The Morgan fingerprint density at radius 1 is 0.893 bits per heavy atom. The summed E-state index contributed by atoms with van der Waals surface area (Å²) in [6.45, 7) is -0.300. The molecule has 28 heavy (non-hydrogen) atoms. The molecule has 0 fully saturated rings. The van der Waals surface area contributed by atoms with Crippen LogP contribution in [0.25, 0.3) is 0 Å². The van der Waals surface area contributed by atoms with Gasteiger partial charge in [-0.25, -0.2) is 0 Å². The van der Waals surface area contributed by atoms with Gasteiger partial charge in [-0.3, -0.25) is 19.7 Å². The summed E-state index contributed by atoms with van der Waals surface area (Å²) in [6, 6.07) is 20.9. The highest BCUT2D eigenvalue weighted by atomic mass is 16.6. The van der Waals surface area contributed by atoms with E-state index >= 15 is 0 Å². The summed E-state index contributed by atoms with van der Waals surface area (Å²) in [4.78, 5) is 35.0. The second kappa shape index (κ2) is 8.59. The topological polar surface area (TPSA) is 98.5 Å². The van der Waals surface area contributed by atoms with Gasteiger partial charge in [-0.15, -0.1) is 0 Å². The number of anilines is 1. The number of rotatable bonds is 7. The lowest BCUT2D eigenvalue weighted by molar-refractivity contribution is -0.384. The quantitative estimate of drug-likeness (QED) is 0.384. The first-order chi connectivity index (χ1) is 13.5. The first-order valence-electron chi connectivity index (χ1n) is 8.40. The monoisotopic (exact) mass is 376 g/mol. The number of nitrogens with one attached hydrogen (secondary N) is 1. The van der Waals surface area contributed by atoms with Crippen LogP contribution in [0.5, 0.6) is 5.75 Å². The Bertz CT molecular complexity index is 1000. The van der Waals surface area contributed by atoms with E-state index in [2.05, 4.69) is 5.32 Å². The molecule has 0 saturated heterocycles. The van der Waals surface area contributed by atoms with E-state index in [0.29, 0.717) is 22.6 Å². The zero-order valence-corrected chi connectivity index (χ0v) is 14.7. The highest BCUT2D eigenvalue weighted by Crippen LogP contribution is 2.20. The first-order valence-corrected chi connectivity index (χ1v) is 8.40. The van der Waals surface area contributed by atoms with Crippen LogP contribution in [0.15, 0.2) is 78.9 Å². The number of ether oxygens (including phenoxy) is 1. The molecule has 0 atom stereocenters. The zero-order valence-electron chi connectivity index (χ0n) is 14.7. The van der Waals surface area contributed by atoms with Crippen molar-refractivity contribution in [3.8, 4) is 5.75 Å². The molecule has 3 aromatic carbocycles. The summed E-state index contributed by atoms with van der Waals surface area (Å²) in [5, 5.41) is 13.3. The number of para-hydroxylation sites is 1. The third-order valence-electron chi connectivity index (χ3n) is 3.90. The molecule has 3 aromatic rings. The van der Waals surface area contributed by atoms with Crippen molar-refractivity contribution in [3.63, 3.8) is 0 Å². The summed E-state index contributed by atoms with van der Waals surface area (Å²) >= 11 is 0. The van der Waals surface area contributed by atoms with Crippen molar-refractivity contribution in [1.29, 1.82) is 0 Å². The fraction of sp³-hybridized carbons (Fsp3) is 0.0476. The number of benzene rings is 3. The fourth-order valence-electron chi connectivity index (χ4n) is 2.53. The van der Waals surface area contributed by atoms with Crippen LogP contribution in [0, 0.1) is 10.1 Å². The van der Waals surface area contributed by atoms with Crippen LogP contribution in [-0.2, 0) is 4.79 Å². The third-order valence-corrected chi connectivity index (χ3v) is 3.90. The van der Waals surface area contributed by atoms with Gasteiger partial charge in [0, 0.05) is 23.3 Å². The molecule has 0 unspecified atom stereocenters. The van der Waals surface area contributed by atoms with Gasteiger partial charge in [-0.2, -0.15) is 0 Å². The van der Waals surface area contributed by atoms with Crippen LogP contribution in [-0.4, -0.2) is 23.2 Å². The predicted molar refractivity (Wildman–Crippen MR) is 104 cm³/mol. The van der Waals surface area contributed by atoms with Gasteiger partial charge in [0.25, 0.3) is 11.6 Å². The number of hydrogen-bond donors (Lipinski definition) is 1. The molecule has 140 valence electrons. The number of hydrogen-bond acceptors (Lipinski definition) is 5. The Hall–Kier alpha value is -4.00. The SMILES string of the molecule is O=C(COc1ccc([N+](=O)[O-])cc1)Nc1ccccc1C(=O)c1ccccc1. The predicted octanol–water partition coefficient (Wildman–Crippen LogP) is 3.84. The summed E-state index contributed by atoms with van der Waals surface area (Å²) in [5.74, 6) is -0.325. The van der Waals surface area contributed by atoms with Crippen molar-refractivity contribution >= 4 is 23.1 Å². The lowest BCUT2D eigenvalue weighted by Gasteiger charge is -2.11. The van der Waals surface area contributed by atoms with E-state index in [0.717, 1.165) is 0 Å². The maximum Gasteiger partial charge on any atom is 0.269 e. The lowest BCUT2D eigenvalue weighted by atomic mass is 10.0. The number of non-ortho nitro benzene ring substituents is 1. The number of nitro benzene ring substituents is 1. The molecule has 0 aliphatic heterocycles. The average Bonchev–Trinajstić information content (AvgIpc) is 2.73. The number of nitrogens with zero attached hydrogens (tertiary/aromatic N) is 1. The average molecular weight is 376 g/mol. The molecule has 7 nitrogen and oxygen atoms in total. The Morgan fingerprint density at radius 3 is 2.21 bits per heavy atom. The van der Waals surface area contributed by atoms with Crippen molar-refractivity contribution in [2.24, 2.45) is 0 Å². The van der Waals surface area contributed by atoms with Crippen LogP contribution in [0.2, 0.25) is 0 Å². The van der Waals surface area contributed by atoms with Gasteiger partial charge < -0.3 is 10.1 Å². The van der Waals surface area contributed by atoms with Gasteiger partial charge in [0.15, 0.2) is 12.4 Å². The molecule has 1 amide bonds. The van der Waals surface area contributed by atoms with Gasteiger partial charge in [0.1, 0.15) is 5.75 Å². The minimum atomic E-state index is -0.517. The van der Waals surface area contributed by atoms with Crippen molar-refractivity contribution in [2.75, 3.05) is 11.9 Å². The maximum absolute atomic E-state index is 12.7. The molecular formula is C21H16N2O5. The molecule has 0 aromatic heterocycles. The Balaban J connectivity index is 1.66. The minimum absolute atomic E-state index is 0.0647. The van der Waals surface area contributed by atoms with E-state index in [1.807, 2.05) is 6.07 Å². The highest BCUT2D eigenvalue weighted by molar-refractivity contribution is 6.13. The van der Waals surface area contributed by atoms with Crippen molar-refractivity contribution in [3.05, 3.63) is 100 Å². The number of ketones is 1. The largest absolute Gasteiger partial charge is 0.484 e. The van der Waals surface area contributed by atoms with E-state index in [1.165, 1.54) is 24.3 Å². The van der Waals surface area contributed by atoms with Gasteiger partial charge in [-0.05, 0) is 24.3 Å². The van der Waals surface area contributed by atoms with Crippen molar-refractivity contribution in [1.82, 2.24) is 0 Å². The first kappa shape index (κ1) is 18.8. The summed E-state index contributed by atoms with van der Waals surface area (Å²) in [7, 11) is 0. The van der Waals surface area contributed by atoms with Gasteiger partial charge in [0.2, 0.25) is 0 Å². The molecule has 3 rings (SSSR count). The summed E-state index contributed by atoms with van der Waals surface area (Å²) in [5.41, 5.74) is 1.21. The Morgan fingerprint density at radius 2 is 1.54 bits per heavy atom. The second-order valence-electron chi connectivity index (χ2n) is 5.83. The van der Waals surface area contributed by atoms with Gasteiger partial charge >= 0.3 is 0 Å². The fourth-order valence-corrected chi connectivity index (χ4v) is 2.53. The van der Waals surface area contributed by atoms with E-state index in [4.69, 9.17) is 4.74 Å². The highest BCUT2D eigenvalue weighted by Gasteiger charge is 2.15. The van der Waals surface area contributed by atoms with Crippen LogP contribution >= 0.6 is 0 Å². The molecule has 0 aliphatic rings. The second-order valence-corrected chi connectivity index (χ2v) is 5.83. The molecule has 0 heterocycles. The molecule has 0 bridgehead atoms.